The lowest BCUT2D eigenvalue weighted by molar-refractivity contribution is 0.297. The van der Waals surface area contributed by atoms with Crippen LogP contribution in [0.2, 0.25) is 5.02 Å². The standard InChI is InChI=1S/C14H16ClN3O2/c15-12-4-10(6-16-7-11-8-17-9-18-11)5-13-14(12)20-3-1-2-19-13/h4-5,8-9,16H,1-3,6-7H2,(H,17,18). The van der Waals surface area contributed by atoms with Gasteiger partial charge in [-0.1, -0.05) is 11.6 Å². The zero-order valence-electron chi connectivity index (χ0n) is 11.0. The van der Waals surface area contributed by atoms with Crippen LogP contribution in [0.5, 0.6) is 11.5 Å². The van der Waals surface area contributed by atoms with Crippen LogP contribution in [-0.4, -0.2) is 23.2 Å². The molecule has 0 aliphatic carbocycles. The van der Waals surface area contributed by atoms with Gasteiger partial charge in [0, 0.05) is 31.4 Å². The van der Waals surface area contributed by atoms with Gasteiger partial charge in [-0.15, -0.1) is 0 Å². The van der Waals surface area contributed by atoms with E-state index in [1.807, 2.05) is 12.1 Å². The molecule has 0 unspecified atom stereocenters. The molecule has 5 nitrogen and oxygen atoms in total. The molecule has 0 atom stereocenters. The summed E-state index contributed by atoms with van der Waals surface area (Å²) in [4.78, 5) is 7.03. The Labute approximate surface area is 122 Å². The lowest BCUT2D eigenvalue weighted by atomic mass is 10.2. The molecule has 0 bridgehead atoms. The van der Waals surface area contributed by atoms with Gasteiger partial charge in [-0.05, 0) is 17.7 Å². The number of nitrogens with zero attached hydrogens (tertiary/aromatic N) is 1. The molecule has 0 amide bonds. The highest BCUT2D eigenvalue weighted by atomic mass is 35.5. The maximum atomic E-state index is 6.25. The van der Waals surface area contributed by atoms with Gasteiger partial charge in [-0.2, -0.15) is 0 Å². The van der Waals surface area contributed by atoms with Crippen molar-refractivity contribution in [2.45, 2.75) is 19.5 Å². The number of aromatic nitrogens is 2. The first-order chi connectivity index (χ1) is 9.83. The number of nitrogens with one attached hydrogen (secondary N) is 2. The van der Waals surface area contributed by atoms with Crippen molar-refractivity contribution in [2.24, 2.45) is 0 Å². The number of aromatic amines is 1. The van der Waals surface area contributed by atoms with Gasteiger partial charge in [0.2, 0.25) is 0 Å². The quantitative estimate of drug-likeness (QED) is 0.909. The first-order valence-corrected chi connectivity index (χ1v) is 6.97. The zero-order chi connectivity index (χ0) is 13.8. The highest BCUT2D eigenvalue weighted by Gasteiger charge is 2.15. The van der Waals surface area contributed by atoms with Crippen LogP contribution in [0.3, 0.4) is 0 Å². The van der Waals surface area contributed by atoms with Crippen LogP contribution in [0.4, 0.5) is 0 Å². The van der Waals surface area contributed by atoms with Crippen LogP contribution < -0.4 is 14.8 Å². The number of hydrogen-bond acceptors (Lipinski definition) is 4. The average molecular weight is 294 g/mol. The topological polar surface area (TPSA) is 59.2 Å². The second-order valence-electron chi connectivity index (χ2n) is 4.64. The molecule has 0 radical (unpaired) electrons. The molecule has 1 aromatic heterocycles. The van der Waals surface area contributed by atoms with Gasteiger partial charge in [0.1, 0.15) is 0 Å². The molecular formula is C14H16ClN3O2. The van der Waals surface area contributed by atoms with E-state index in [1.165, 1.54) is 0 Å². The SMILES string of the molecule is Clc1cc(CNCc2cnc[nH]2)cc2c1OCCCO2. The molecule has 106 valence electrons. The molecule has 1 aromatic carbocycles. The summed E-state index contributed by atoms with van der Waals surface area (Å²) >= 11 is 6.25. The van der Waals surface area contributed by atoms with Gasteiger partial charge >= 0.3 is 0 Å². The van der Waals surface area contributed by atoms with Gasteiger partial charge in [-0.3, -0.25) is 0 Å². The van der Waals surface area contributed by atoms with E-state index in [-0.39, 0.29) is 0 Å². The Morgan fingerprint density at radius 1 is 1.25 bits per heavy atom. The van der Waals surface area contributed by atoms with E-state index < -0.39 is 0 Å². The zero-order valence-corrected chi connectivity index (χ0v) is 11.7. The lowest BCUT2D eigenvalue weighted by Gasteiger charge is -2.12. The molecule has 1 aliphatic rings. The Kier molecular flexibility index (Phi) is 4.08. The lowest BCUT2D eigenvalue weighted by Crippen LogP contribution is -2.13. The number of halogens is 1. The van der Waals surface area contributed by atoms with E-state index in [4.69, 9.17) is 21.1 Å². The Balaban J connectivity index is 1.67. The second-order valence-corrected chi connectivity index (χ2v) is 5.04. The molecule has 2 N–H and O–H groups in total. The van der Waals surface area contributed by atoms with Crippen molar-refractivity contribution in [3.8, 4) is 11.5 Å². The Bertz CT molecular complexity index is 572. The van der Waals surface area contributed by atoms with Crippen molar-refractivity contribution in [2.75, 3.05) is 13.2 Å². The van der Waals surface area contributed by atoms with Crippen molar-refractivity contribution >= 4 is 11.6 Å². The number of fused-ring (bicyclic) bond motifs is 1. The molecule has 1 aliphatic heterocycles. The summed E-state index contributed by atoms with van der Waals surface area (Å²) in [5.41, 5.74) is 2.12. The Morgan fingerprint density at radius 3 is 3.00 bits per heavy atom. The van der Waals surface area contributed by atoms with E-state index in [0.29, 0.717) is 30.5 Å². The number of rotatable bonds is 4. The number of hydrogen-bond donors (Lipinski definition) is 2. The van der Waals surface area contributed by atoms with Crippen molar-refractivity contribution in [3.05, 3.63) is 40.9 Å². The van der Waals surface area contributed by atoms with E-state index in [9.17, 15) is 0 Å². The minimum atomic E-state index is 0.600. The highest BCUT2D eigenvalue weighted by Crippen LogP contribution is 2.37. The van der Waals surface area contributed by atoms with Gasteiger partial charge in [0.15, 0.2) is 11.5 Å². The fourth-order valence-electron chi connectivity index (χ4n) is 2.11. The molecule has 20 heavy (non-hydrogen) atoms. The molecule has 3 rings (SSSR count). The van der Waals surface area contributed by atoms with Crippen LogP contribution in [0.15, 0.2) is 24.7 Å². The average Bonchev–Trinajstić information content (AvgIpc) is 2.83. The second kappa shape index (κ2) is 6.15. The summed E-state index contributed by atoms with van der Waals surface area (Å²) in [6.45, 7) is 2.74. The van der Waals surface area contributed by atoms with Crippen LogP contribution in [0.25, 0.3) is 0 Å². The predicted molar refractivity (Wildman–Crippen MR) is 76.2 cm³/mol. The molecule has 2 aromatic rings. The number of benzene rings is 1. The van der Waals surface area contributed by atoms with E-state index >= 15 is 0 Å². The fraction of sp³-hybridized carbons (Fsp3) is 0.357. The maximum absolute atomic E-state index is 6.25. The van der Waals surface area contributed by atoms with Crippen LogP contribution >= 0.6 is 11.6 Å². The van der Waals surface area contributed by atoms with E-state index in [1.54, 1.807) is 12.5 Å². The minimum Gasteiger partial charge on any atom is -0.489 e. The summed E-state index contributed by atoms with van der Waals surface area (Å²) in [5.74, 6) is 1.38. The van der Waals surface area contributed by atoms with Crippen molar-refractivity contribution in [3.63, 3.8) is 0 Å². The van der Waals surface area contributed by atoms with Crippen LogP contribution in [0.1, 0.15) is 17.7 Å². The number of ether oxygens (including phenoxy) is 2. The molecule has 0 saturated heterocycles. The largest absolute Gasteiger partial charge is 0.489 e. The molecule has 0 fully saturated rings. The third kappa shape index (κ3) is 3.05. The predicted octanol–water partition coefficient (Wildman–Crippen LogP) is 2.51. The fourth-order valence-corrected chi connectivity index (χ4v) is 2.40. The van der Waals surface area contributed by atoms with Gasteiger partial charge in [-0.25, -0.2) is 4.98 Å². The minimum absolute atomic E-state index is 0.600. The van der Waals surface area contributed by atoms with Crippen molar-refractivity contribution < 1.29 is 9.47 Å². The normalized spacial score (nSPS) is 14.1. The summed E-state index contributed by atoms with van der Waals surface area (Å²) in [5, 5.41) is 3.93. The number of H-pyrrole nitrogens is 1. The molecule has 0 saturated carbocycles. The monoisotopic (exact) mass is 293 g/mol. The molecule has 6 heteroatoms. The van der Waals surface area contributed by atoms with E-state index in [2.05, 4.69) is 15.3 Å². The number of imidazole rings is 1. The third-order valence-corrected chi connectivity index (χ3v) is 3.34. The van der Waals surface area contributed by atoms with Crippen molar-refractivity contribution in [1.82, 2.24) is 15.3 Å². The highest BCUT2D eigenvalue weighted by molar-refractivity contribution is 6.32. The molecular weight excluding hydrogens is 278 g/mol. The third-order valence-electron chi connectivity index (χ3n) is 3.06. The smallest absolute Gasteiger partial charge is 0.179 e. The summed E-state index contributed by atoms with van der Waals surface area (Å²) in [7, 11) is 0. The summed E-state index contributed by atoms with van der Waals surface area (Å²) < 4.78 is 11.3. The molecule has 2 heterocycles. The van der Waals surface area contributed by atoms with Crippen molar-refractivity contribution in [1.29, 1.82) is 0 Å². The molecule has 0 spiro atoms. The maximum Gasteiger partial charge on any atom is 0.179 e. The Morgan fingerprint density at radius 2 is 2.15 bits per heavy atom. The van der Waals surface area contributed by atoms with Gasteiger partial charge in [0.25, 0.3) is 0 Å². The van der Waals surface area contributed by atoms with E-state index in [0.717, 1.165) is 30.0 Å². The Hall–Kier alpha value is -1.72. The van der Waals surface area contributed by atoms with Gasteiger partial charge < -0.3 is 19.8 Å². The van der Waals surface area contributed by atoms with Gasteiger partial charge in [0.05, 0.1) is 24.6 Å². The van der Waals surface area contributed by atoms with Crippen LogP contribution in [0, 0.1) is 0 Å². The summed E-state index contributed by atoms with van der Waals surface area (Å²) in [6.07, 6.45) is 4.34. The first kappa shape index (κ1) is 13.3. The first-order valence-electron chi connectivity index (χ1n) is 6.59. The summed E-state index contributed by atoms with van der Waals surface area (Å²) in [6, 6.07) is 3.89. The van der Waals surface area contributed by atoms with Crippen LogP contribution in [-0.2, 0) is 13.1 Å².